The lowest BCUT2D eigenvalue weighted by molar-refractivity contribution is 0.0842. The summed E-state index contributed by atoms with van der Waals surface area (Å²) in [5, 5.41) is 10.0. The second-order valence-electron chi connectivity index (χ2n) is 6.52. The molecule has 0 saturated carbocycles. The first-order valence-corrected chi connectivity index (χ1v) is 8.76. The Morgan fingerprint density at radius 1 is 1.19 bits per heavy atom. The molecular formula is C21H15ClN2O2. The van der Waals surface area contributed by atoms with Crippen LogP contribution in [0.1, 0.15) is 38.7 Å². The van der Waals surface area contributed by atoms with Gasteiger partial charge in [0.15, 0.2) is 11.6 Å². The van der Waals surface area contributed by atoms with Crippen molar-refractivity contribution in [2.24, 2.45) is 5.92 Å². The first kappa shape index (κ1) is 16.6. The van der Waals surface area contributed by atoms with Gasteiger partial charge < -0.3 is 4.90 Å². The van der Waals surface area contributed by atoms with Crippen LogP contribution >= 0.6 is 11.6 Å². The smallest absolute Gasteiger partial charge is 0.187 e. The van der Waals surface area contributed by atoms with Gasteiger partial charge in [0.25, 0.3) is 0 Å². The van der Waals surface area contributed by atoms with Crippen molar-refractivity contribution in [3.05, 3.63) is 82.5 Å². The highest BCUT2D eigenvalue weighted by Gasteiger charge is 2.49. The standard InChI is InChI=1S/C21H15ClN2O2/c22-15-7-5-13(6-8-15)19(25)9-10-24-18-11-14(12-23)20(24)21(26)17-4-2-1-3-16(17)18/h1-10,14,18,20H,11H2/b10-9+/t14-,18?,20?/m0/s1. The summed E-state index contributed by atoms with van der Waals surface area (Å²) in [5.74, 6) is -0.597. The van der Waals surface area contributed by atoms with Crippen LogP contribution in [0.15, 0.2) is 60.8 Å². The maximum absolute atomic E-state index is 12.9. The van der Waals surface area contributed by atoms with Gasteiger partial charge in [0, 0.05) is 28.4 Å². The van der Waals surface area contributed by atoms with Gasteiger partial charge in [-0.1, -0.05) is 35.9 Å². The highest BCUT2D eigenvalue weighted by molar-refractivity contribution is 6.30. The van der Waals surface area contributed by atoms with Crippen LogP contribution in [-0.4, -0.2) is 22.5 Å². The van der Waals surface area contributed by atoms with Crippen molar-refractivity contribution in [1.82, 2.24) is 4.90 Å². The summed E-state index contributed by atoms with van der Waals surface area (Å²) < 4.78 is 0. The number of Topliss-reactive ketones (excluding diaryl/α,β-unsaturated/α-hetero) is 1. The lowest BCUT2D eigenvalue weighted by atomic mass is 9.91. The number of carbonyl (C=O) groups is 2. The lowest BCUT2D eigenvalue weighted by Gasteiger charge is -2.34. The summed E-state index contributed by atoms with van der Waals surface area (Å²) in [6, 6.07) is 15.8. The van der Waals surface area contributed by atoms with Crippen molar-refractivity contribution in [2.75, 3.05) is 0 Å². The van der Waals surface area contributed by atoms with Crippen molar-refractivity contribution in [2.45, 2.75) is 18.5 Å². The van der Waals surface area contributed by atoms with Gasteiger partial charge >= 0.3 is 0 Å². The minimum Gasteiger partial charge on any atom is -0.359 e. The van der Waals surface area contributed by atoms with E-state index in [0.717, 1.165) is 5.56 Å². The number of halogens is 1. The summed E-state index contributed by atoms with van der Waals surface area (Å²) in [7, 11) is 0. The molecule has 128 valence electrons. The highest BCUT2D eigenvalue weighted by Crippen LogP contribution is 2.46. The molecule has 2 bridgehead atoms. The monoisotopic (exact) mass is 362 g/mol. The molecular weight excluding hydrogens is 348 g/mol. The van der Waals surface area contributed by atoms with Crippen LogP contribution in [0.4, 0.5) is 0 Å². The van der Waals surface area contributed by atoms with Crippen molar-refractivity contribution in [3.8, 4) is 6.07 Å². The predicted octanol–water partition coefficient (Wildman–Crippen LogP) is 4.19. The first-order chi connectivity index (χ1) is 12.6. The van der Waals surface area contributed by atoms with Gasteiger partial charge in [0.1, 0.15) is 6.04 Å². The van der Waals surface area contributed by atoms with E-state index in [1.165, 1.54) is 6.08 Å². The number of benzene rings is 2. The average molecular weight is 363 g/mol. The van der Waals surface area contributed by atoms with Gasteiger partial charge in [0.2, 0.25) is 0 Å². The van der Waals surface area contributed by atoms with E-state index in [0.29, 0.717) is 22.6 Å². The van der Waals surface area contributed by atoms with E-state index in [9.17, 15) is 14.9 Å². The Kier molecular flexibility index (Phi) is 4.10. The van der Waals surface area contributed by atoms with Gasteiger partial charge in [-0.2, -0.15) is 5.26 Å². The summed E-state index contributed by atoms with van der Waals surface area (Å²) in [6.07, 6.45) is 3.71. The largest absolute Gasteiger partial charge is 0.359 e. The molecule has 0 amide bonds. The van der Waals surface area contributed by atoms with Crippen molar-refractivity contribution in [3.63, 3.8) is 0 Å². The maximum Gasteiger partial charge on any atom is 0.187 e. The molecule has 2 aromatic carbocycles. The van der Waals surface area contributed by atoms with Crippen LogP contribution in [0.3, 0.4) is 0 Å². The normalized spacial score (nSPS) is 23.8. The van der Waals surface area contributed by atoms with Gasteiger partial charge in [-0.05, 0) is 36.2 Å². The van der Waals surface area contributed by atoms with Gasteiger partial charge in [-0.3, -0.25) is 9.59 Å². The SMILES string of the molecule is N#C[C@@H]1CC2c3ccccc3C(=O)C1N2/C=C/C(=O)c1ccc(Cl)cc1. The molecule has 2 heterocycles. The van der Waals surface area contributed by atoms with Crippen molar-refractivity contribution in [1.29, 1.82) is 5.26 Å². The molecule has 4 rings (SSSR count). The third kappa shape index (κ3) is 2.61. The van der Waals surface area contributed by atoms with E-state index < -0.39 is 6.04 Å². The number of ketones is 2. The maximum atomic E-state index is 12.9. The van der Waals surface area contributed by atoms with E-state index in [4.69, 9.17) is 11.6 Å². The molecule has 5 heteroatoms. The molecule has 2 unspecified atom stereocenters. The molecule has 0 aromatic heterocycles. The molecule has 0 N–H and O–H groups in total. The Labute approximate surface area is 156 Å². The Hall–Kier alpha value is -2.90. The Morgan fingerprint density at radius 3 is 2.65 bits per heavy atom. The average Bonchev–Trinajstić information content (AvgIpc) is 2.98. The lowest BCUT2D eigenvalue weighted by Crippen LogP contribution is -2.41. The summed E-state index contributed by atoms with van der Waals surface area (Å²) in [6.45, 7) is 0. The molecule has 0 aliphatic carbocycles. The second-order valence-corrected chi connectivity index (χ2v) is 6.95. The molecule has 1 fully saturated rings. The zero-order valence-corrected chi connectivity index (χ0v) is 14.6. The quantitative estimate of drug-likeness (QED) is 0.606. The van der Waals surface area contributed by atoms with Crippen molar-refractivity contribution >= 4 is 23.2 Å². The van der Waals surface area contributed by atoms with Crippen LogP contribution in [0, 0.1) is 17.2 Å². The van der Waals surface area contributed by atoms with Crippen molar-refractivity contribution < 1.29 is 9.59 Å². The Bertz CT molecular complexity index is 959. The molecule has 1 saturated heterocycles. The number of carbonyl (C=O) groups excluding carboxylic acids is 2. The molecule has 0 radical (unpaired) electrons. The predicted molar refractivity (Wildman–Crippen MR) is 97.8 cm³/mol. The summed E-state index contributed by atoms with van der Waals surface area (Å²) in [4.78, 5) is 27.2. The first-order valence-electron chi connectivity index (χ1n) is 8.38. The molecule has 26 heavy (non-hydrogen) atoms. The Morgan fingerprint density at radius 2 is 1.92 bits per heavy atom. The third-order valence-corrected chi connectivity index (χ3v) is 5.34. The number of rotatable bonds is 3. The zero-order valence-electron chi connectivity index (χ0n) is 13.8. The van der Waals surface area contributed by atoms with E-state index in [1.807, 2.05) is 29.2 Å². The van der Waals surface area contributed by atoms with Crippen LogP contribution in [-0.2, 0) is 0 Å². The molecule has 4 nitrogen and oxygen atoms in total. The van der Waals surface area contributed by atoms with Gasteiger partial charge in [0.05, 0.1) is 18.0 Å². The van der Waals surface area contributed by atoms with E-state index >= 15 is 0 Å². The third-order valence-electron chi connectivity index (χ3n) is 5.09. The van der Waals surface area contributed by atoms with Crippen LogP contribution < -0.4 is 0 Å². The fraction of sp³-hybridized carbons (Fsp3) is 0.190. The number of allylic oxidation sites excluding steroid dienone is 1. The fourth-order valence-electron chi connectivity index (χ4n) is 3.85. The van der Waals surface area contributed by atoms with E-state index in [2.05, 4.69) is 6.07 Å². The van der Waals surface area contributed by atoms with Crippen LogP contribution in [0.25, 0.3) is 0 Å². The minimum absolute atomic E-state index is 0.0514. The van der Waals surface area contributed by atoms with Gasteiger partial charge in [-0.25, -0.2) is 0 Å². The fourth-order valence-corrected chi connectivity index (χ4v) is 3.98. The van der Waals surface area contributed by atoms with Crippen LogP contribution in [0.5, 0.6) is 0 Å². The van der Waals surface area contributed by atoms with E-state index in [-0.39, 0.29) is 23.5 Å². The van der Waals surface area contributed by atoms with Gasteiger partial charge in [-0.15, -0.1) is 0 Å². The molecule has 2 aliphatic rings. The second kappa shape index (κ2) is 6.44. The number of nitrogens with zero attached hydrogens (tertiary/aromatic N) is 2. The number of fused-ring (bicyclic) bond motifs is 4. The van der Waals surface area contributed by atoms with Crippen LogP contribution in [0.2, 0.25) is 5.02 Å². The number of nitriles is 1. The Balaban J connectivity index is 1.66. The summed E-state index contributed by atoms with van der Waals surface area (Å²) >= 11 is 5.85. The minimum atomic E-state index is -0.533. The molecule has 3 atom stereocenters. The number of hydrogen-bond donors (Lipinski definition) is 0. The summed E-state index contributed by atoms with van der Waals surface area (Å²) in [5.41, 5.74) is 2.14. The highest BCUT2D eigenvalue weighted by atomic mass is 35.5. The zero-order chi connectivity index (χ0) is 18.3. The topological polar surface area (TPSA) is 61.2 Å². The number of hydrogen-bond acceptors (Lipinski definition) is 4. The molecule has 0 spiro atoms. The van der Waals surface area contributed by atoms with E-state index in [1.54, 1.807) is 30.5 Å². The molecule has 2 aromatic rings. The molecule has 2 aliphatic heterocycles.